The van der Waals surface area contributed by atoms with E-state index in [1.54, 1.807) is 0 Å². The number of hydrogen-bond acceptors (Lipinski definition) is 3. The van der Waals surface area contributed by atoms with Crippen LogP contribution in [0.2, 0.25) is 0 Å². The fourth-order valence-corrected chi connectivity index (χ4v) is 7.88. The van der Waals surface area contributed by atoms with Crippen molar-refractivity contribution in [2.75, 3.05) is 0 Å². The molecule has 158 valence electrons. The Hall–Kier alpha value is -0.860. The smallest absolute Gasteiger partial charge is 0.311 e. The summed E-state index contributed by atoms with van der Waals surface area (Å²) in [6.07, 6.45) is 11.3. The van der Waals surface area contributed by atoms with Gasteiger partial charge in [-0.3, -0.25) is 9.59 Å². The number of ether oxygens (including phenoxy) is 1. The van der Waals surface area contributed by atoms with Crippen LogP contribution in [-0.4, -0.2) is 17.9 Å². The topological polar surface area (TPSA) is 43.4 Å². The first-order valence-electron chi connectivity index (χ1n) is 11.9. The maximum absolute atomic E-state index is 12.8. The van der Waals surface area contributed by atoms with Gasteiger partial charge in [-0.15, -0.1) is 0 Å². The third kappa shape index (κ3) is 2.98. The molecule has 0 N–H and O–H groups in total. The molecule has 4 saturated carbocycles. The molecule has 4 rings (SSSR count). The van der Waals surface area contributed by atoms with E-state index in [0.29, 0.717) is 23.0 Å². The second-order valence-corrected chi connectivity index (χ2v) is 11.7. The van der Waals surface area contributed by atoms with Crippen LogP contribution in [-0.2, 0) is 14.3 Å². The van der Waals surface area contributed by atoms with Gasteiger partial charge in [0.25, 0.3) is 0 Å². The van der Waals surface area contributed by atoms with Gasteiger partial charge in [-0.2, -0.15) is 0 Å². The molecule has 0 heterocycles. The second kappa shape index (κ2) is 6.84. The van der Waals surface area contributed by atoms with Crippen LogP contribution in [0.15, 0.2) is 0 Å². The number of hydrogen-bond donors (Lipinski definition) is 0. The Kier molecular flexibility index (Phi) is 4.99. The Morgan fingerprint density at radius 3 is 2.50 bits per heavy atom. The summed E-state index contributed by atoms with van der Waals surface area (Å²) in [5.74, 6) is 3.34. The van der Waals surface area contributed by atoms with Gasteiger partial charge in [0.2, 0.25) is 0 Å². The molecule has 0 saturated heterocycles. The van der Waals surface area contributed by atoms with Crippen LogP contribution in [0.1, 0.15) is 98.8 Å². The maximum Gasteiger partial charge on any atom is 0.311 e. The first-order valence-corrected chi connectivity index (χ1v) is 11.9. The standard InChI is InChI=1S/C25H40O3/c1-6-25-14-12-19-18(20(25)9-10-21(25)26)8-7-16-15-17(11-13-24(16,19)5)28-22(27)23(2,3)4/h16-20H,6-15H2,1-5H3/t16-,17+,18-,19+,20+,24+,25+/m1/s1. The van der Waals surface area contributed by atoms with Crippen LogP contribution in [0.3, 0.4) is 0 Å². The molecule has 28 heavy (non-hydrogen) atoms. The summed E-state index contributed by atoms with van der Waals surface area (Å²) < 4.78 is 5.92. The molecular weight excluding hydrogens is 348 g/mol. The molecule has 0 aromatic carbocycles. The van der Waals surface area contributed by atoms with E-state index in [2.05, 4.69) is 13.8 Å². The zero-order valence-electron chi connectivity index (χ0n) is 18.7. The molecule has 0 radical (unpaired) electrons. The molecule has 7 atom stereocenters. The van der Waals surface area contributed by atoms with Crippen molar-refractivity contribution in [2.45, 2.75) is 105 Å². The molecule has 4 fully saturated rings. The molecular formula is C25H40O3. The van der Waals surface area contributed by atoms with E-state index in [-0.39, 0.29) is 17.5 Å². The lowest BCUT2D eigenvalue weighted by molar-refractivity contribution is -0.170. The molecule has 0 unspecified atom stereocenters. The quantitative estimate of drug-likeness (QED) is 0.549. The summed E-state index contributed by atoms with van der Waals surface area (Å²) in [6.45, 7) is 10.6. The summed E-state index contributed by atoms with van der Waals surface area (Å²) in [7, 11) is 0. The van der Waals surface area contributed by atoms with Gasteiger partial charge in [0, 0.05) is 11.8 Å². The van der Waals surface area contributed by atoms with Crippen LogP contribution in [0.25, 0.3) is 0 Å². The van der Waals surface area contributed by atoms with E-state index in [0.717, 1.165) is 50.4 Å². The molecule has 3 heteroatoms. The average molecular weight is 389 g/mol. The second-order valence-electron chi connectivity index (χ2n) is 11.7. The third-order valence-electron chi connectivity index (χ3n) is 9.58. The minimum atomic E-state index is -0.416. The van der Waals surface area contributed by atoms with Crippen molar-refractivity contribution in [1.29, 1.82) is 0 Å². The number of rotatable bonds is 2. The van der Waals surface area contributed by atoms with Crippen molar-refractivity contribution in [3.63, 3.8) is 0 Å². The lowest BCUT2D eigenvalue weighted by Gasteiger charge is -2.60. The Morgan fingerprint density at radius 2 is 1.82 bits per heavy atom. The van der Waals surface area contributed by atoms with E-state index >= 15 is 0 Å². The predicted octanol–water partition coefficient (Wildman–Crippen LogP) is 5.95. The lowest BCUT2D eigenvalue weighted by Crippen LogP contribution is -2.54. The van der Waals surface area contributed by atoms with Gasteiger partial charge < -0.3 is 4.74 Å². The summed E-state index contributed by atoms with van der Waals surface area (Å²) in [4.78, 5) is 25.1. The monoisotopic (exact) mass is 388 g/mol. The molecule has 4 aliphatic carbocycles. The SMILES string of the molecule is CC[C@]12CC[C@H]3[C@@H](CC[C@@H]4C[C@@H](OC(=O)C(C)(C)C)CC[C@@]43C)[C@@H]1CCC2=O. The first-order chi connectivity index (χ1) is 13.1. The minimum absolute atomic E-state index is 0.0177. The number of Topliss-reactive ketones (excluding diaryl/α,β-unsaturated/α-hetero) is 1. The fraction of sp³-hybridized carbons (Fsp3) is 0.920. The van der Waals surface area contributed by atoms with Gasteiger partial charge >= 0.3 is 5.97 Å². The summed E-state index contributed by atoms with van der Waals surface area (Å²) in [6, 6.07) is 0. The van der Waals surface area contributed by atoms with Crippen LogP contribution >= 0.6 is 0 Å². The zero-order valence-corrected chi connectivity index (χ0v) is 18.7. The number of carbonyl (C=O) groups is 2. The van der Waals surface area contributed by atoms with Gasteiger partial charge in [0.1, 0.15) is 11.9 Å². The Balaban J connectivity index is 1.49. The third-order valence-corrected chi connectivity index (χ3v) is 9.58. The van der Waals surface area contributed by atoms with E-state index in [1.807, 2.05) is 20.8 Å². The minimum Gasteiger partial charge on any atom is -0.462 e. The fourth-order valence-electron chi connectivity index (χ4n) is 7.88. The van der Waals surface area contributed by atoms with Gasteiger partial charge in [-0.05, 0) is 108 Å². The van der Waals surface area contributed by atoms with Gasteiger partial charge in [-0.1, -0.05) is 13.8 Å². The highest BCUT2D eigenvalue weighted by Crippen LogP contribution is 2.66. The highest BCUT2D eigenvalue weighted by molar-refractivity contribution is 5.87. The van der Waals surface area contributed by atoms with Crippen LogP contribution in [0.5, 0.6) is 0 Å². The first kappa shape index (κ1) is 20.4. The van der Waals surface area contributed by atoms with Gasteiger partial charge in [0.05, 0.1) is 5.41 Å². The maximum atomic E-state index is 12.8. The van der Waals surface area contributed by atoms with Crippen LogP contribution < -0.4 is 0 Å². The predicted molar refractivity (Wildman–Crippen MR) is 111 cm³/mol. The summed E-state index contributed by atoms with van der Waals surface area (Å²) in [5, 5.41) is 0. The number of esters is 1. The van der Waals surface area contributed by atoms with E-state index in [1.165, 1.54) is 25.7 Å². The largest absolute Gasteiger partial charge is 0.462 e. The van der Waals surface area contributed by atoms with Crippen molar-refractivity contribution < 1.29 is 14.3 Å². The van der Waals surface area contributed by atoms with Crippen LogP contribution in [0.4, 0.5) is 0 Å². The molecule has 0 amide bonds. The molecule has 4 aliphatic rings. The number of carbonyl (C=O) groups excluding carboxylic acids is 2. The zero-order chi connectivity index (χ0) is 20.3. The van der Waals surface area contributed by atoms with Crippen molar-refractivity contribution in [2.24, 2.45) is 39.9 Å². The average Bonchev–Trinajstić information content (AvgIpc) is 2.98. The molecule has 0 bridgehead atoms. The van der Waals surface area contributed by atoms with Crippen molar-refractivity contribution in [3.8, 4) is 0 Å². The number of ketones is 1. The van der Waals surface area contributed by atoms with Crippen LogP contribution in [0, 0.1) is 39.9 Å². The molecule has 0 aromatic rings. The van der Waals surface area contributed by atoms with Crippen molar-refractivity contribution in [1.82, 2.24) is 0 Å². The van der Waals surface area contributed by atoms with E-state index < -0.39 is 5.41 Å². The van der Waals surface area contributed by atoms with E-state index in [9.17, 15) is 9.59 Å². The molecule has 0 spiro atoms. The highest BCUT2D eigenvalue weighted by Gasteiger charge is 2.61. The lowest BCUT2D eigenvalue weighted by atomic mass is 9.44. The molecule has 3 nitrogen and oxygen atoms in total. The Morgan fingerprint density at radius 1 is 1.07 bits per heavy atom. The normalized spacial score (nSPS) is 45.8. The van der Waals surface area contributed by atoms with Crippen molar-refractivity contribution in [3.05, 3.63) is 0 Å². The molecule has 0 aliphatic heterocycles. The van der Waals surface area contributed by atoms with Gasteiger partial charge in [0.15, 0.2) is 0 Å². The van der Waals surface area contributed by atoms with Gasteiger partial charge in [-0.25, -0.2) is 0 Å². The highest BCUT2D eigenvalue weighted by atomic mass is 16.5. The molecule has 0 aromatic heterocycles. The summed E-state index contributed by atoms with van der Waals surface area (Å²) in [5.41, 5.74) is -0.0246. The Bertz CT molecular complexity index is 647. The van der Waals surface area contributed by atoms with Crippen molar-refractivity contribution >= 4 is 11.8 Å². The number of fused-ring (bicyclic) bond motifs is 5. The summed E-state index contributed by atoms with van der Waals surface area (Å²) >= 11 is 0. The van der Waals surface area contributed by atoms with E-state index in [4.69, 9.17) is 4.74 Å². The Labute approximate surface area is 171 Å².